The van der Waals surface area contributed by atoms with E-state index in [9.17, 15) is 9.59 Å². The zero-order chi connectivity index (χ0) is 24.9. The molecular formula is C31H30N4O2. The van der Waals surface area contributed by atoms with Crippen LogP contribution in [-0.2, 0) is 0 Å². The number of anilines is 1. The van der Waals surface area contributed by atoms with Gasteiger partial charge in [-0.2, -0.15) is 0 Å². The van der Waals surface area contributed by atoms with Crippen LogP contribution in [0.25, 0.3) is 22.4 Å². The molecule has 37 heavy (non-hydrogen) atoms. The summed E-state index contributed by atoms with van der Waals surface area (Å²) < 4.78 is 0. The van der Waals surface area contributed by atoms with Crippen molar-refractivity contribution >= 4 is 28.5 Å². The van der Waals surface area contributed by atoms with Crippen molar-refractivity contribution in [3.05, 3.63) is 83.9 Å². The number of benzene rings is 3. The molecule has 6 heteroatoms. The number of nitrogens with zero attached hydrogens (tertiary/aromatic N) is 1. The minimum atomic E-state index is -0.142. The Bertz CT molecular complexity index is 1450. The van der Waals surface area contributed by atoms with Crippen molar-refractivity contribution in [2.75, 3.05) is 5.32 Å². The first-order chi connectivity index (χ1) is 18.1. The van der Waals surface area contributed by atoms with Crippen molar-refractivity contribution < 1.29 is 9.59 Å². The lowest BCUT2D eigenvalue weighted by molar-refractivity contribution is -0.0119. The van der Waals surface area contributed by atoms with E-state index in [-0.39, 0.29) is 11.8 Å². The molecule has 3 aromatic carbocycles. The highest BCUT2D eigenvalue weighted by atomic mass is 16.2. The third-order valence-corrected chi connectivity index (χ3v) is 8.72. The van der Waals surface area contributed by atoms with Crippen LogP contribution < -0.4 is 10.6 Å². The fraction of sp³-hybridized carbons (Fsp3) is 0.323. The fourth-order valence-corrected chi connectivity index (χ4v) is 7.18. The molecule has 8 rings (SSSR count). The normalized spacial score (nSPS) is 25.8. The van der Waals surface area contributed by atoms with Crippen LogP contribution in [0.15, 0.2) is 72.8 Å². The van der Waals surface area contributed by atoms with Gasteiger partial charge in [0, 0.05) is 28.4 Å². The Hall–Kier alpha value is -3.93. The summed E-state index contributed by atoms with van der Waals surface area (Å²) in [5, 5.41) is 6.33. The molecule has 2 amide bonds. The van der Waals surface area contributed by atoms with Gasteiger partial charge in [-0.05, 0) is 110 Å². The first kappa shape index (κ1) is 22.3. The topological polar surface area (TPSA) is 86.9 Å². The van der Waals surface area contributed by atoms with E-state index >= 15 is 0 Å². The van der Waals surface area contributed by atoms with Crippen molar-refractivity contribution in [1.82, 2.24) is 15.3 Å². The molecule has 4 saturated carbocycles. The number of imidazole rings is 1. The van der Waals surface area contributed by atoms with Gasteiger partial charge < -0.3 is 15.6 Å². The maximum atomic E-state index is 13.2. The number of aromatic nitrogens is 2. The predicted octanol–water partition coefficient (Wildman–Crippen LogP) is 6.04. The molecule has 4 fully saturated rings. The largest absolute Gasteiger partial charge is 0.349 e. The summed E-state index contributed by atoms with van der Waals surface area (Å²) in [4.78, 5) is 33.7. The van der Waals surface area contributed by atoms with Gasteiger partial charge in [-0.1, -0.05) is 18.2 Å². The summed E-state index contributed by atoms with van der Waals surface area (Å²) in [5.41, 5.74) is 4.58. The van der Waals surface area contributed by atoms with Gasteiger partial charge in [0.15, 0.2) is 0 Å². The Balaban J connectivity index is 1.05. The molecule has 4 bridgehead atoms. The second-order valence-electron chi connectivity index (χ2n) is 11.1. The van der Waals surface area contributed by atoms with Crippen LogP contribution in [0.3, 0.4) is 0 Å². The van der Waals surface area contributed by atoms with E-state index in [2.05, 4.69) is 15.6 Å². The molecule has 1 aromatic heterocycles. The third-order valence-electron chi connectivity index (χ3n) is 8.72. The van der Waals surface area contributed by atoms with E-state index in [4.69, 9.17) is 4.98 Å². The molecule has 3 N–H and O–H groups in total. The average molecular weight is 491 g/mol. The lowest BCUT2D eigenvalue weighted by Gasteiger charge is -2.54. The second kappa shape index (κ2) is 8.87. The summed E-state index contributed by atoms with van der Waals surface area (Å²) in [6.07, 6.45) is 6.56. The van der Waals surface area contributed by atoms with Crippen LogP contribution in [0.1, 0.15) is 52.8 Å². The predicted molar refractivity (Wildman–Crippen MR) is 144 cm³/mol. The minimum Gasteiger partial charge on any atom is -0.349 e. The number of carbonyl (C=O) groups excluding carboxylic acids is 2. The van der Waals surface area contributed by atoms with Crippen molar-refractivity contribution in [3.63, 3.8) is 0 Å². The van der Waals surface area contributed by atoms with Gasteiger partial charge in [0.25, 0.3) is 11.8 Å². The number of H-pyrrole nitrogens is 1. The summed E-state index contributed by atoms with van der Waals surface area (Å²) in [6.45, 7) is 0. The Morgan fingerprint density at radius 2 is 1.46 bits per heavy atom. The summed E-state index contributed by atoms with van der Waals surface area (Å²) in [7, 11) is 0. The van der Waals surface area contributed by atoms with E-state index in [1.165, 1.54) is 32.1 Å². The molecule has 186 valence electrons. The minimum absolute atomic E-state index is 0.0161. The van der Waals surface area contributed by atoms with Crippen LogP contribution in [0.5, 0.6) is 0 Å². The summed E-state index contributed by atoms with van der Waals surface area (Å²) in [5.74, 6) is 3.70. The second-order valence-corrected chi connectivity index (χ2v) is 11.1. The van der Waals surface area contributed by atoms with Crippen LogP contribution in [0.4, 0.5) is 5.69 Å². The molecule has 0 atom stereocenters. The fourth-order valence-electron chi connectivity index (χ4n) is 7.18. The highest BCUT2D eigenvalue weighted by Gasteiger charge is 2.48. The van der Waals surface area contributed by atoms with Crippen LogP contribution in [0, 0.1) is 23.7 Å². The van der Waals surface area contributed by atoms with Gasteiger partial charge in [-0.25, -0.2) is 4.98 Å². The van der Waals surface area contributed by atoms with Crippen molar-refractivity contribution in [3.8, 4) is 11.4 Å². The SMILES string of the molecule is O=C(Nc1ccc(-c2nc3cc(C(=O)NC4C5C[C@H]6C[C@@H](C5)C[C@@H]4C6)ccc3[nH]2)cc1)c1ccccc1. The first-order valence-corrected chi connectivity index (χ1v) is 13.4. The molecular weight excluding hydrogens is 460 g/mol. The lowest BCUT2D eigenvalue weighted by atomic mass is 9.54. The molecule has 0 spiro atoms. The Kier molecular flexibility index (Phi) is 5.34. The van der Waals surface area contributed by atoms with Crippen molar-refractivity contribution in [2.45, 2.75) is 38.1 Å². The van der Waals surface area contributed by atoms with Crippen molar-refractivity contribution in [1.29, 1.82) is 0 Å². The van der Waals surface area contributed by atoms with Gasteiger partial charge >= 0.3 is 0 Å². The highest BCUT2D eigenvalue weighted by Crippen LogP contribution is 2.53. The van der Waals surface area contributed by atoms with Gasteiger partial charge in [0.1, 0.15) is 5.82 Å². The van der Waals surface area contributed by atoms with Gasteiger partial charge in [0.05, 0.1) is 11.0 Å². The maximum Gasteiger partial charge on any atom is 0.255 e. The van der Waals surface area contributed by atoms with Crippen LogP contribution in [-0.4, -0.2) is 27.8 Å². The Morgan fingerprint density at radius 3 is 2.16 bits per heavy atom. The highest BCUT2D eigenvalue weighted by molar-refractivity contribution is 6.04. The first-order valence-electron chi connectivity index (χ1n) is 13.4. The van der Waals surface area contributed by atoms with Crippen molar-refractivity contribution in [2.24, 2.45) is 23.7 Å². The molecule has 0 radical (unpaired) electrons. The number of nitrogens with one attached hydrogen (secondary N) is 3. The number of fused-ring (bicyclic) bond motifs is 1. The smallest absolute Gasteiger partial charge is 0.255 e. The summed E-state index contributed by atoms with van der Waals surface area (Å²) >= 11 is 0. The van der Waals surface area contributed by atoms with E-state index in [1.54, 1.807) is 12.1 Å². The number of aromatic amines is 1. The van der Waals surface area contributed by atoms with Crippen LogP contribution >= 0.6 is 0 Å². The molecule has 6 nitrogen and oxygen atoms in total. The monoisotopic (exact) mass is 490 g/mol. The van der Waals surface area contributed by atoms with Gasteiger partial charge in [0.2, 0.25) is 0 Å². The molecule has 0 saturated heterocycles. The number of rotatable bonds is 5. The standard InChI is InChI=1S/C31H30N4O2/c36-30(21-4-2-1-3-5-21)32-25-9-6-20(7-10-25)29-33-26-11-8-22(17-27(26)34-29)31(37)35-28-23-13-18-12-19(15-23)16-24(28)14-18/h1-11,17-19,23-24,28H,12-16H2,(H,32,36)(H,33,34)(H,35,37)/t18-,19+,23-,24?,28?. The number of carbonyl (C=O) groups is 2. The Labute approximate surface area is 215 Å². The molecule has 4 aromatic rings. The van der Waals surface area contributed by atoms with E-state index in [1.807, 2.05) is 60.7 Å². The molecule has 0 aliphatic heterocycles. The molecule has 4 aliphatic rings. The van der Waals surface area contributed by atoms with Gasteiger partial charge in [-0.3, -0.25) is 9.59 Å². The average Bonchev–Trinajstić information content (AvgIpc) is 3.35. The molecule has 0 unspecified atom stereocenters. The zero-order valence-electron chi connectivity index (χ0n) is 20.6. The number of hydrogen-bond donors (Lipinski definition) is 3. The summed E-state index contributed by atoms with van der Waals surface area (Å²) in [6, 6.07) is 22.8. The lowest BCUT2D eigenvalue weighted by Crippen LogP contribution is -2.55. The quantitative estimate of drug-likeness (QED) is 0.319. The Morgan fingerprint density at radius 1 is 0.757 bits per heavy atom. The van der Waals surface area contributed by atoms with Crippen LogP contribution in [0.2, 0.25) is 0 Å². The number of hydrogen-bond acceptors (Lipinski definition) is 3. The van der Waals surface area contributed by atoms with E-state index < -0.39 is 0 Å². The van der Waals surface area contributed by atoms with E-state index in [0.29, 0.717) is 29.0 Å². The van der Waals surface area contributed by atoms with E-state index in [0.717, 1.165) is 39.9 Å². The molecule has 4 aliphatic carbocycles. The third kappa shape index (κ3) is 4.20. The van der Waals surface area contributed by atoms with Gasteiger partial charge in [-0.15, -0.1) is 0 Å². The maximum absolute atomic E-state index is 13.2. The zero-order valence-corrected chi connectivity index (χ0v) is 20.6. The number of amides is 2. The molecule has 1 heterocycles.